The van der Waals surface area contributed by atoms with Gasteiger partial charge in [-0.1, -0.05) is 36.4 Å². The molecule has 1 aromatic heterocycles. The number of nitriles is 1. The molecular weight excluding hydrogens is 504 g/mol. The second-order valence-electron chi connectivity index (χ2n) is 10.8. The van der Waals surface area contributed by atoms with E-state index in [1.54, 1.807) is 12.0 Å². The quantitative estimate of drug-likeness (QED) is 0.387. The van der Waals surface area contributed by atoms with Gasteiger partial charge in [0.05, 0.1) is 24.3 Å². The zero-order valence-electron chi connectivity index (χ0n) is 23.4. The fourth-order valence-corrected chi connectivity index (χ4v) is 6.26. The average molecular weight is 543 g/mol. The van der Waals surface area contributed by atoms with Crippen LogP contribution in [0.15, 0.2) is 54.6 Å². The minimum Gasteiger partial charge on any atom is -0.445 e. The van der Waals surface area contributed by atoms with Crippen molar-refractivity contribution in [1.29, 1.82) is 5.26 Å². The number of methoxy groups -OCH3 is 1. The maximum Gasteiger partial charge on any atom is 0.410 e. The molecule has 0 N–H and O–H groups in total. The van der Waals surface area contributed by atoms with E-state index in [1.807, 2.05) is 53.4 Å². The first-order valence-electron chi connectivity index (χ1n) is 14.3. The molecule has 0 saturated carbocycles. The Morgan fingerprint density at radius 2 is 1.90 bits per heavy atom. The van der Waals surface area contributed by atoms with E-state index in [4.69, 9.17) is 9.47 Å². The summed E-state index contributed by atoms with van der Waals surface area (Å²) in [5, 5.41) is 10.5. The van der Waals surface area contributed by atoms with Gasteiger partial charge in [-0.05, 0) is 68.2 Å². The zero-order chi connectivity index (χ0) is 28.1. The molecule has 0 unspecified atom stereocenters. The number of aromatic nitrogens is 1. The van der Waals surface area contributed by atoms with Gasteiger partial charge >= 0.3 is 6.09 Å². The van der Waals surface area contributed by atoms with Gasteiger partial charge < -0.3 is 18.9 Å². The third-order valence-corrected chi connectivity index (χ3v) is 8.40. The predicted octanol–water partition coefficient (Wildman–Crippen LogP) is 5.27. The van der Waals surface area contributed by atoms with Crippen molar-refractivity contribution in [2.75, 3.05) is 20.2 Å². The van der Waals surface area contributed by atoms with E-state index in [0.717, 1.165) is 55.1 Å². The van der Waals surface area contributed by atoms with E-state index in [2.05, 4.69) is 23.6 Å². The summed E-state index contributed by atoms with van der Waals surface area (Å²) in [6.07, 6.45) is 4.51. The number of hydrogen-bond acceptors (Lipinski definition) is 5. The topological polar surface area (TPSA) is 87.8 Å². The van der Waals surface area contributed by atoms with E-state index >= 15 is 0 Å². The lowest BCUT2D eigenvalue weighted by Gasteiger charge is -2.38. The molecule has 3 atom stereocenters. The van der Waals surface area contributed by atoms with Crippen molar-refractivity contribution in [2.24, 2.45) is 0 Å². The first kappa shape index (κ1) is 27.7. The highest BCUT2D eigenvalue weighted by molar-refractivity contribution is 5.87. The standard InChI is InChI=1S/C32H38N4O4/c1-3-34-27(18-25-13-12-24(20-33)17-29(25)34)15-14-26-11-7-8-16-35(26)31(37)30-19-28(39-2)21-36(30)32(38)40-22-23-9-5-4-6-10-23/h4-6,9-10,12-13,17-18,26,28,30H,3,7-8,11,14-16,19,21-22H2,1-2H3/t26-,28+,30+/m0/s1. The number of ether oxygens (including phenoxy) is 2. The number of likely N-dealkylation sites (tertiary alicyclic amines) is 2. The lowest BCUT2D eigenvalue weighted by molar-refractivity contribution is -0.139. The zero-order valence-corrected chi connectivity index (χ0v) is 23.4. The summed E-state index contributed by atoms with van der Waals surface area (Å²) in [6.45, 7) is 4.16. The van der Waals surface area contributed by atoms with Crippen LogP contribution in [0.2, 0.25) is 0 Å². The Morgan fingerprint density at radius 1 is 1.07 bits per heavy atom. The van der Waals surface area contributed by atoms with Crippen LogP contribution in [0.25, 0.3) is 10.9 Å². The van der Waals surface area contributed by atoms with Crippen LogP contribution in [0.4, 0.5) is 4.79 Å². The van der Waals surface area contributed by atoms with Crippen LogP contribution in [0, 0.1) is 11.3 Å². The summed E-state index contributed by atoms with van der Waals surface area (Å²) in [4.78, 5) is 30.7. The van der Waals surface area contributed by atoms with E-state index in [9.17, 15) is 14.9 Å². The van der Waals surface area contributed by atoms with Gasteiger partial charge in [-0.15, -0.1) is 0 Å². The highest BCUT2D eigenvalue weighted by Crippen LogP contribution is 2.29. The average Bonchev–Trinajstić information content (AvgIpc) is 3.60. The van der Waals surface area contributed by atoms with Crippen molar-refractivity contribution in [2.45, 2.75) is 76.8 Å². The summed E-state index contributed by atoms with van der Waals surface area (Å²) >= 11 is 0. The number of fused-ring (bicyclic) bond motifs is 1. The number of benzene rings is 2. The number of rotatable bonds is 8. The molecule has 2 aromatic carbocycles. The van der Waals surface area contributed by atoms with E-state index in [1.165, 1.54) is 5.69 Å². The van der Waals surface area contributed by atoms with E-state index in [-0.39, 0.29) is 24.7 Å². The van der Waals surface area contributed by atoms with Crippen LogP contribution in [0.5, 0.6) is 0 Å². The molecule has 8 nitrogen and oxygen atoms in total. The Balaban J connectivity index is 1.29. The van der Waals surface area contributed by atoms with Gasteiger partial charge in [-0.3, -0.25) is 9.69 Å². The lowest BCUT2D eigenvalue weighted by Crippen LogP contribution is -2.52. The second kappa shape index (κ2) is 12.6. The molecule has 3 aromatic rings. The Hall–Kier alpha value is -3.83. The SMILES string of the molecule is CCn1c(CC[C@@H]2CCCCN2C(=O)[C@H]2C[C@@H](OC)CN2C(=O)OCc2ccccc2)cc2ccc(C#N)cc21. The molecule has 2 amide bonds. The fourth-order valence-electron chi connectivity index (χ4n) is 6.26. The third-order valence-electron chi connectivity index (χ3n) is 8.40. The Kier molecular flexibility index (Phi) is 8.71. The Labute approximate surface area is 236 Å². The number of carbonyl (C=O) groups excluding carboxylic acids is 2. The fraction of sp³-hybridized carbons (Fsp3) is 0.469. The molecule has 8 heteroatoms. The van der Waals surface area contributed by atoms with Gasteiger partial charge in [0.2, 0.25) is 5.91 Å². The second-order valence-corrected chi connectivity index (χ2v) is 10.8. The highest BCUT2D eigenvalue weighted by atomic mass is 16.6. The molecule has 0 bridgehead atoms. The molecule has 0 spiro atoms. The Bertz CT molecular complexity index is 1380. The van der Waals surface area contributed by atoms with Crippen LogP contribution in [0.1, 0.15) is 55.8 Å². The van der Waals surface area contributed by atoms with Crippen molar-refractivity contribution in [3.8, 4) is 6.07 Å². The molecular formula is C32H38N4O4. The highest BCUT2D eigenvalue weighted by Gasteiger charge is 2.44. The van der Waals surface area contributed by atoms with E-state index < -0.39 is 12.1 Å². The van der Waals surface area contributed by atoms with Crippen molar-refractivity contribution in [3.63, 3.8) is 0 Å². The number of carbonyl (C=O) groups is 2. The lowest BCUT2D eigenvalue weighted by atomic mass is 9.95. The molecule has 210 valence electrons. The Morgan fingerprint density at radius 3 is 2.65 bits per heavy atom. The molecule has 5 rings (SSSR count). The summed E-state index contributed by atoms with van der Waals surface area (Å²) in [5.41, 5.74) is 3.87. The molecule has 2 fully saturated rings. The van der Waals surface area contributed by atoms with Gasteiger partial charge in [0.1, 0.15) is 12.6 Å². The minimum absolute atomic E-state index is 0.00407. The largest absolute Gasteiger partial charge is 0.445 e. The van der Waals surface area contributed by atoms with Crippen LogP contribution in [-0.2, 0) is 33.8 Å². The van der Waals surface area contributed by atoms with Gasteiger partial charge in [0.15, 0.2) is 0 Å². The number of hydrogen-bond donors (Lipinski definition) is 0. The van der Waals surface area contributed by atoms with Crippen molar-refractivity contribution in [3.05, 3.63) is 71.4 Å². The number of aryl methyl sites for hydroxylation is 2. The van der Waals surface area contributed by atoms with Gasteiger partial charge in [0, 0.05) is 43.9 Å². The molecule has 2 aliphatic rings. The first-order chi connectivity index (χ1) is 19.5. The smallest absolute Gasteiger partial charge is 0.410 e. The van der Waals surface area contributed by atoms with Crippen LogP contribution in [0.3, 0.4) is 0 Å². The number of amides is 2. The summed E-state index contributed by atoms with van der Waals surface area (Å²) in [7, 11) is 1.63. The summed E-state index contributed by atoms with van der Waals surface area (Å²) in [6, 6.07) is 19.4. The van der Waals surface area contributed by atoms with Crippen molar-refractivity contribution < 1.29 is 19.1 Å². The third kappa shape index (κ3) is 5.85. The first-order valence-corrected chi connectivity index (χ1v) is 14.3. The maximum absolute atomic E-state index is 14.0. The molecule has 0 radical (unpaired) electrons. The van der Waals surface area contributed by atoms with Crippen LogP contribution < -0.4 is 0 Å². The van der Waals surface area contributed by atoms with Crippen molar-refractivity contribution >= 4 is 22.9 Å². The van der Waals surface area contributed by atoms with Gasteiger partial charge in [-0.2, -0.15) is 5.26 Å². The van der Waals surface area contributed by atoms with Crippen molar-refractivity contribution in [1.82, 2.24) is 14.4 Å². The monoisotopic (exact) mass is 542 g/mol. The van der Waals surface area contributed by atoms with Crippen LogP contribution >= 0.6 is 0 Å². The number of piperidine rings is 1. The van der Waals surface area contributed by atoms with Crippen LogP contribution in [-0.4, -0.2) is 64.8 Å². The predicted molar refractivity (Wildman–Crippen MR) is 153 cm³/mol. The minimum atomic E-state index is -0.583. The molecule has 3 heterocycles. The normalized spacial score (nSPS) is 21.0. The van der Waals surface area contributed by atoms with Gasteiger partial charge in [0.25, 0.3) is 0 Å². The summed E-state index contributed by atoms with van der Waals surface area (Å²) < 4.78 is 13.5. The molecule has 0 aliphatic carbocycles. The molecule has 2 aliphatic heterocycles. The summed E-state index contributed by atoms with van der Waals surface area (Å²) in [5.74, 6) is -0.00407. The van der Waals surface area contributed by atoms with E-state index in [0.29, 0.717) is 25.1 Å². The van der Waals surface area contributed by atoms with Gasteiger partial charge in [-0.25, -0.2) is 4.79 Å². The maximum atomic E-state index is 14.0. The molecule has 40 heavy (non-hydrogen) atoms. The number of nitrogens with zero attached hydrogens (tertiary/aromatic N) is 4. The molecule has 2 saturated heterocycles.